The van der Waals surface area contributed by atoms with E-state index in [2.05, 4.69) is 10.2 Å². The minimum atomic E-state index is -0.0147. The fraction of sp³-hybridized carbons (Fsp3) is 1.00. The molecule has 0 aromatic heterocycles. The van der Waals surface area contributed by atoms with Crippen LogP contribution in [0.15, 0.2) is 0 Å². The quantitative estimate of drug-likeness (QED) is 0.611. The van der Waals surface area contributed by atoms with Crippen LogP contribution in [0.1, 0.15) is 25.7 Å². The Morgan fingerprint density at radius 2 is 1.62 bits per heavy atom. The van der Waals surface area contributed by atoms with Gasteiger partial charge in [-0.25, -0.2) is 0 Å². The minimum absolute atomic E-state index is 0.0147. The molecular formula is C10H20N2O. The first kappa shape index (κ1) is 9.44. The van der Waals surface area contributed by atoms with E-state index in [-0.39, 0.29) is 6.10 Å². The third-order valence-corrected chi connectivity index (χ3v) is 3.33. The SMILES string of the molecule is O[C@H]1CC[C@@H](N2CCNCC2)CC1. The number of hydrogen-bond acceptors (Lipinski definition) is 3. The molecule has 0 unspecified atom stereocenters. The lowest BCUT2D eigenvalue weighted by Crippen LogP contribution is -2.49. The lowest BCUT2D eigenvalue weighted by molar-refractivity contribution is 0.0682. The van der Waals surface area contributed by atoms with Crippen molar-refractivity contribution in [3.8, 4) is 0 Å². The standard InChI is InChI=1S/C10H20N2O/c13-10-3-1-9(2-4-10)12-7-5-11-6-8-12/h9-11,13H,1-8H2/t9-,10+. The lowest BCUT2D eigenvalue weighted by atomic mass is 9.92. The van der Waals surface area contributed by atoms with Crippen molar-refractivity contribution < 1.29 is 5.11 Å². The fourth-order valence-corrected chi connectivity index (χ4v) is 2.47. The van der Waals surface area contributed by atoms with Crippen molar-refractivity contribution in [3.05, 3.63) is 0 Å². The molecule has 0 aromatic rings. The molecule has 13 heavy (non-hydrogen) atoms. The Hall–Kier alpha value is -0.120. The van der Waals surface area contributed by atoms with Crippen molar-refractivity contribution in [1.82, 2.24) is 10.2 Å². The average molecular weight is 184 g/mol. The molecule has 1 heterocycles. The second-order valence-electron chi connectivity index (χ2n) is 4.25. The number of aliphatic hydroxyl groups is 1. The van der Waals surface area contributed by atoms with Gasteiger partial charge in [-0.3, -0.25) is 4.90 Å². The fourth-order valence-electron chi connectivity index (χ4n) is 2.47. The van der Waals surface area contributed by atoms with Gasteiger partial charge < -0.3 is 10.4 Å². The second-order valence-corrected chi connectivity index (χ2v) is 4.25. The van der Waals surface area contributed by atoms with E-state index in [1.54, 1.807) is 0 Å². The smallest absolute Gasteiger partial charge is 0.0541 e. The van der Waals surface area contributed by atoms with Crippen molar-refractivity contribution in [3.63, 3.8) is 0 Å². The summed E-state index contributed by atoms with van der Waals surface area (Å²) in [7, 11) is 0. The first-order valence-electron chi connectivity index (χ1n) is 5.49. The normalized spacial score (nSPS) is 37.6. The van der Waals surface area contributed by atoms with Gasteiger partial charge in [0.1, 0.15) is 0 Å². The second kappa shape index (κ2) is 4.40. The van der Waals surface area contributed by atoms with Crippen molar-refractivity contribution in [2.24, 2.45) is 0 Å². The van der Waals surface area contributed by atoms with Crippen LogP contribution in [0.5, 0.6) is 0 Å². The van der Waals surface area contributed by atoms with Gasteiger partial charge in [0.05, 0.1) is 6.10 Å². The maximum atomic E-state index is 9.39. The molecule has 0 atom stereocenters. The molecule has 0 radical (unpaired) electrons. The molecule has 3 heteroatoms. The summed E-state index contributed by atoms with van der Waals surface area (Å²) in [4.78, 5) is 2.59. The Labute approximate surface area is 80.1 Å². The monoisotopic (exact) mass is 184 g/mol. The van der Waals surface area contributed by atoms with Gasteiger partial charge in [-0.1, -0.05) is 0 Å². The zero-order valence-corrected chi connectivity index (χ0v) is 8.21. The summed E-state index contributed by atoms with van der Waals surface area (Å²) in [6.45, 7) is 4.67. The molecule has 1 aliphatic carbocycles. The molecule has 2 rings (SSSR count). The van der Waals surface area contributed by atoms with Gasteiger partial charge >= 0.3 is 0 Å². The third-order valence-electron chi connectivity index (χ3n) is 3.33. The van der Waals surface area contributed by atoms with Crippen LogP contribution in [0.25, 0.3) is 0 Å². The number of nitrogens with one attached hydrogen (secondary N) is 1. The number of aliphatic hydroxyl groups excluding tert-OH is 1. The van der Waals surface area contributed by atoms with Crippen molar-refractivity contribution >= 4 is 0 Å². The maximum absolute atomic E-state index is 9.39. The highest BCUT2D eigenvalue weighted by Crippen LogP contribution is 2.23. The first-order valence-corrected chi connectivity index (χ1v) is 5.49. The summed E-state index contributed by atoms with van der Waals surface area (Å²) >= 11 is 0. The summed E-state index contributed by atoms with van der Waals surface area (Å²) in [5.74, 6) is 0. The van der Waals surface area contributed by atoms with E-state index in [0.717, 1.165) is 32.0 Å². The minimum Gasteiger partial charge on any atom is -0.393 e. The summed E-state index contributed by atoms with van der Waals surface area (Å²) in [5.41, 5.74) is 0. The van der Waals surface area contributed by atoms with Crippen molar-refractivity contribution in [2.75, 3.05) is 26.2 Å². The van der Waals surface area contributed by atoms with Gasteiger partial charge in [0, 0.05) is 32.2 Å². The summed E-state index contributed by atoms with van der Waals surface area (Å²) in [6, 6.07) is 0.755. The molecule has 1 saturated heterocycles. The number of hydrogen-bond donors (Lipinski definition) is 2. The van der Waals surface area contributed by atoms with Crippen LogP contribution in [0.4, 0.5) is 0 Å². The van der Waals surface area contributed by atoms with E-state index >= 15 is 0 Å². The highest BCUT2D eigenvalue weighted by Gasteiger charge is 2.25. The van der Waals surface area contributed by atoms with Gasteiger partial charge in [0.15, 0.2) is 0 Å². The van der Waals surface area contributed by atoms with Crippen LogP contribution in [-0.2, 0) is 0 Å². The molecule has 76 valence electrons. The topological polar surface area (TPSA) is 35.5 Å². The molecule has 2 aliphatic rings. The lowest BCUT2D eigenvalue weighted by Gasteiger charge is -2.38. The van der Waals surface area contributed by atoms with Crippen LogP contribution in [-0.4, -0.2) is 48.3 Å². The van der Waals surface area contributed by atoms with E-state index in [1.807, 2.05) is 0 Å². The maximum Gasteiger partial charge on any atom is 0.0541 e. The van der Waals surface area contributed by atoms with Gasteiger partial charge in [-0.15, -0.1) is 0 Å². The first-order chi connectivity index (χ1) is 6.36. The van der Waals surface area contributed by atoms with E-state index < -0.39 is 0 Å². The van der Waals surface area contributed by atoms with Gasteiger partial charge in [-0.2, -0.15) is 0 Å². The molecule has 0 aromatic carbocycles. The number of piperazine rings is 1. The van der Waals surface area contributed by atoms with E-state index in [0.29, 0.717) is 0 Å². The molecule has 3 nitrogen and oxygen atoms in total. The molecule has 0 amide bonds. The predicted octanol–water partition coefficient (Wildman–Crippen LogP) is 0.195. The Kier molecular flexibility index (Phi) is 3.19. The van der Waals surface area contributed by atoms with Gasteiger partial charge in [0.2, 0.25) is 0 Å². The van der Waals surface area contributed by atoms with Crippen molar-refractivity contribution in [2.45, 2.75) is 37.8 Å². The molecule has 2 fully saturated rings. The molecule has 0 spiro atoms. The highest BCUT2D eigenvalue weighted by atomic mass is 16.3. The molecule has 2 N–H and O–H groups in total. The van der Waals surface area contributed by atoms with Crippen LogP contribution >= 0.6 is 0 Å². The molecular weight excluding hydrogens is 164 g/mol. The van der Waals surface area contributed by atoms with Crippen LogP contribution < -0.4 is 5.32 Å². The number of nitrogens with zero attached hydrogens (tertiary/aromatic N) is 1. The third kappa shape index (κ3) is 2.42. The van der Waals surface area contributed by atoms with Crippen molar-refractivity contribution in [1.29, 1.82) is 0 Å². The van der Waals surface area contributed by atoms with Crippen LogP contribution in [0.3, 0.4) is 0 Å². The molecule has 1 aliphatic heterocycles. The Morgan fingerprint density at radius 3 is 2.23 bits per heavy atom. The number of rotatable bonds is 1. The zero-order chi connectivity index (χ0) is 9.10. The summed E-state index contributed by atoms with van der Waals surface area (Å²) in [6.07, 6.45) is 4.39. The summed E-state index contributed by atoms with van der Waals surface area (Å²) in [5, 5.41) is 12.8. The van der Waals surface area contributed by atoms with Gasteiger partial charge in [0.25, 0.3) is 0 Å². The molecule has 0 bridgehead atoms. The zero-order valence-electron chi connectivity index (χ0n) is 8.21. The van der Waals surface area contributed by atoms with E-state index in [1.165, 1.54) is 25.9 Å². The Balaban J connectivity index is 1.79. The molecule has 1 saturated carbocycles. The van der Waals surface area contributed by atoms with Crippen LogP contribution in [0.2, 0.25) is 0 Å². The highest BCUT2D eigenvalue weighted by molar-refractivity contribution is 4.81. The Bertz CT molecular complexity index is 149. The summed E-state index contributed by atoms with van der Waals surface area (Å²) < 4.78 is 0. The largest absolute Gasteiger partial charge is 0.393 e. The predicted molar refractivity (Wildman–Crippen MR) is 52.7 cm³/mol. The van der Waals surface area contributed by atoms with E-state index in [9.17, 15) is 5.11 Å². The Morgan fingerprint density at radius 1 is 1.00 bits per heavy atom. The van der Waals surface area contributed by atoms with Gasteiger partial charge in [-0.05, 0) is 25.7 Å². The van der Waals surface area contributed by atoms with Crippen LogP contribution in [0, 0.1) is 0 Å². The van der Waals surface area contributed by atoms with E-state index in [4.69, 9.17) is 0 Å². The average Bonchev–Trinajstić information content (AvgIpc) is 2.20.